The van der Waals surface area contributed by atoms with Crippen LogP contribution < -0.4 is 0 Å². The van der Waals surface area contributed by atoms with Crippen LogP contribution in [0.3, 0.4) is 0 Å². The number of hydrogen-bond acceptors (Lipinski definition) is 4. The van der Waals surface area contributed by atoms with Crippen molar-refractivity contribution in [2.75, 3.05) is 6.54 Å². The first-order valence-electron chi connectivity index (χ1n) is 7.58. The van der Waals surface area contributed by atoms with Crippen LogP contribution in [0, 0.1) is 5.92 Å². The van der Waals surface area contributed by atoms with Crippen LogP contribution in [-0.2, 0) is 11.3 Å². The van der Waals surface area contributed by atoms with Gasteiger partial charge >= 0.3 is 5.97 Å². The average Bonchev–Trinajstić information content (AvgIpc) is 2.93. The van der Waals surface area contributed by atoms with Crippen LogP contribution in [0.5, 0.6) is 0 Å². The molecule has 0 aromatic carbocycles. The molecule has 1 amide bonds. The third-order valence-electron chi connectivity index (χ3n) is 4.56. The first-order chi connectivity index (χ1) is 10.1. The lowest BCUT2D eigenvalue weighted by Crippen LogP contribution is -2.49. The third-order valence-corrected chi connectivity index (χ3v) is 4.56. The van der Waals surface area contributed by atoms with Crippen molar-refractivity contribution in [1.82, 2.24) is 19.9 Å². The molecule has 1 saturated heterocycles. The van der Waals surface area contributed by atoms with E-state index in [2.05, 4.69) is 10.3 Å². The Morgan fingerprint density at radius 1 is 1.24 bits per heavy atom. The SMILES string of the molecule is O=C(O)Cn1cc(C(=O)N2CCCC3CCCCC32)nn1. The Bertz CT molecular complexity index is 540. The molecule has 7 nitrogen and oxygen atoms in total. The summed E-state index contributed by atoms with van der Waals surface area (Å²) in [7, 11) is 0. The molecule has 7 heteroatoms. The molecule has 1 N–H and O–H groups in total. The number of hydrogen-bond donors (Lipinski definition) is 1. The number of carboxylic acid groups (broad SMARTS) is 1. The van der Waals surface area contributed by atoms with Crippen LogP contribution >= 0.6 is 0 Å². The molecule has 1 saturated carbocycles. The van der Waals surface area contributed by atoms with Crippen molar-refractivity contribution in [3.05, 3.63) is 11.9 Å². The van der Waals surface area contributed by atoms with Crippen molar-refractivity contribution in [1.29, 1.82) is 0 Å². The van der Waals surface area contributed by atoms with Crippen LogP contribution in [0.2, 0.25) is 0 Å². The first-order valence-corrected chi connectivity index (χ1v) is 7.58. The highest BCUT2D eigenvalue weighted by atomic mass is 16.4. The van der Waals surface area contributed by atoms with Crippen molar-refractivity contribution in [3.8, 4) is 0 Å². The lowest BCUT2D eigenvalue weighted by Gasteiger charge is -2.43. The lowest BCUT2D eigenvalue weighted by molar-refractivity contribution is -0.137. The van der Waals surface area contributed by atoms with Gasteiger partial charge in [0.05, 0.1) is 6.20 Å². The number of amides is 1. The Hall–Kier alpha value is -1.92. The molecule has 21 heavy (non-hydrogen) atoms. The predicted molar refractivity (Wildman–Crippen MR) is 73.7 cm³/mol. The van der Waals surface area contributed by atoms with Gasteiger partial charge in [-0.25, -0.2) is 4.68 Å². The second-order valence-electron chi connectivity index (χ2n) is 5.95. The van der Waals surface area contributed by atoms with Crippen LogP contribution in [-0.4, -0.2) is 49.5 Å². The maximum absolute atomic E-state index is 12.6. The van der Waals surface area contributed by atoms with E-state index in [4.69, 9.17) is 5.11 Å². The van der Waals surface area contributed by atoms with Crippen LogP contribution in [0.25, 0.3) is 0 Å². The molecule has 1 aliphatic heterocycles. The number of carboxylic acids is 1. The second-order valence-corrected chi connectivity index (χ2v) is 5.95. The van der Waals surface area contributed by atoms with E-state index in [1.807, 2.05) is 4.90 Å². The zero-order chi connectivity index (χ0) is 14.8. The summed E-state index contributed by atoms with van der Waals surface area (Å²) in [5.74, 6) is -0.488. The molecule has 0 bridgehead atoms. The fourth-order valence-corrected chi connectivity index (χ4v) is 3.64. The third kappa shape index (κ3) is 2.91. The molecule has 2 aliphatic rings. The highest BCUT2D eigenvalue weighted by Gasteiger charge is 2.36. The molecular formula is C14H20N4O3. The summed E-state index contributed by atoms with van der Waals surface area (Å²) in [6.07, 6.45) is 8.40. The minimum atomic E-state index is -0.996. The van der Waals surface area contributed by atoms with Gasteiger partial charge in [-0.3, -0.25) is 9.59 Å². The fourth-order valence-electron chi connectivity index (χ4n) is 3.64. The van der Waals surface area contributed by atoms with Gasteiger partial charge in [-0.15, -0.1) is 5.10 Å². The van der Waals surface area contributed by atoms with Gasteiger partial charge in [0.2, 0.25) is 0 Å². The molecule has 0 radical (unpaired) electrons. The number of aromatic nitrogens is 3. The van der Waals surface area contributed by atoms with E-state index in [-0.39, 0.29) is 18.1 Å². The number of aliphatic carboxylic acids is 1. The van der Waals surface area contributed by atoms with Crippen molar-refractivity contribution in [2.24, 2.45) is 5.92 Å². The maximum Gasteiger partial charge on any atom is 0.325 e. The Morgan fingerprint density at radius 3 is 2.81 bits per heavy atom. The summed E-state index contributed by atoms with van der Waals surface area (Å²) in [6, 6.07) is 0.324. The highest BCUT2D eigenvalue weighted by Crippen LogP contribution is 2.35. The van der Waals surface area contributed by atoms with E-state index in [0.29, 0.717) is 12.0 Å². The number of rotatable bonds is 3. The van der Waals surface area contributed by atoms with Gasteiger partial charge in [-0.05, 0) is 31.6 Å². The quantitative estimate of drug-likeness (QED) is 0.903. The summed E-state index contributed by atoms with van der Waals surface area (Å²) in [4.78, 5) is 25.2. The molecule has 114 valence electrons. The van der Waals surface area contributed by atoms with Crippen molar-refractivity contribution >= 4 is 11.9 Å². The monoisotopic (exact) mass is 292 g/mol. The number of likely N-dealkylation sites (tertiary alicyclic amines) is 1. The van der Waals surface area contributed by atoms with Gasteiger partial charge in [0.1, 0.15) is 6.54 Å². The summed E-state index contributed by atoms with van der Waals surface area (Å²) < 4.78 is 1.19. The number of piperidine rings is 1. The van der Waals surface area contributed by atoms with Gasteiger partial charge in [0.25, 0.3) is 5.91 Å². The zero-order valence-corrected chi connectivity index (χ0v) is 11.9. The summed E-state index contributed by atoms with van der Waals surface area (Å²) >= 11 is 0. The normalized spacial score (nSPS) is 25.4. The van der Waals surface area contributed by atoms with E-state index >= 15 is 0 Å². The molecule has 1 aliphatic carbocycles. The van der Waals surface area contributed by atoms with Gasteiger partial charge in [0.15, 0.2) is 5.69 Å². The Morgan fingerprint density at radius 2 is 2.00 bits per heavy atom. The Labute approximate surface area is 122 Å². The highest BCUT2D eigenvalue weighted by molar-refractivity contribution is 5.92. The van der Waals surface area contributed by atoms with Gasteiger partial charge in [0, 0.05) is 12.6 Å². The average molecular weight is 292 g/mol. The first kappa shape index (κ1) is 14.0. The number of carbonyl (C=O) groups excluding carboxylic acids is 1. The fraction of sp³-hybridized carbons (Fsp3) is 0.714. The summed E-state index contributed by atoms with van der Waals surface area (Å²) in [5.41, 5.74) is 0.252. The topological polar surface area (TPSA) is 88.3 Å². The minimum absolute atomic E-state index is 0.108. The largest absolute Gasteiger partial charge is 0.480 e. The van der Waals surface area contributed by atoms with Crippen molar-refractivity contribution in [3.63, 3.8) is 0 Å². The molecule has 1 aromatic rings. The summed E-state index contributed by atoms with van der Waals surface area (Å²) in [5, 5.41) is 16.3. The van der Waals surface area contributed by atoms with Crippen molar-refractivity contribution in [2.45, 2.75) is 51.1 Å². The molecule has 1 aromatic heterocycles. The Balaban J connectivity index is 1.74. The zero-order valence-electron chi connectivity index (χ0n) is 11.9. The number of nitrogens with zero attached hydrogens (tertiary/aromatic N) is 4. The maximum atomic E-state index is 12.6. The molecule has 2 atom stereocenters. The van der Waals surface area contributed by atoms with Crippen LogP contribution in [0.1, 0.15) is 49.0 Å². The smallest absolute Gasteiger partial charge is 0.325 e. The van der Waals surface area contributed by atoms with E-state index < -0.39 is 5.97 Å². The predicted octanol–water partition coefficient (Wildman–Crippen LogP) is 1.16. The molecule has 2 heterocycles. The number of fused-ring (bicyclic) bond motifs is 1. The van der Waals surface area contributed by atoms with Crippen LogP contribution in [0.4, 0.5) is 0 Å². The molecule has 3 rings (SSSR count). The van der Waals surface area contributed by atoms with E-state index in [1.165, 1.54) is 36.6 Å². The molecule has 2 fully saturated rings. The van der Waals surface area contributed by atoms with Crippen molar-refractivity contribution < 1.29 is 14.7 Å². The second kappa shape index (κ2) is 5.83. The van der Waals surface area contributed by atoms with Gasteiger partial charge in [-0.2, -0.15) is 0 Å². The van der Waals surface area contributed by atoms with Crippen LogP contribution in [0.15, 0.2) is 6.20 Å². The lowest BCUT2D eigenvalue weighted by atomic mass is 9.78. The Kier molecular flexibility index (Phi) is 3.90. The standard InChI is InChI=1S/C14H20N4O3/c19-13(20)9-17-8-11(15-16-17)14(21)18-7-3-5-10-4-1-2-6-12(10)18/h8,10,12H,1-7,9H2,(H,19,20). The minimum Gasteiger partial charge on any atom is -0.480 e. The van der Waals surface area contributed by atoms with E-state index in [9.17, 15) is 9.59 Å². The van der Waals surface area contributed by atoms with E-state index in [1.54, 1.807) is 0 Å². The number of carbonyl (C=O) groups is 2. The van der Waals surface area contributed by atoms with Gasteiger partial charge < -0.3 is 10.0 Å². The summed E-state index contributed by atoms with van der Waals surface area (Å²) in [6.45, 7) is 0.498. The molecule has 2 unspecified atom stereocenters. The molecular weight excluding hydrogens is 272 g/mol. The van der Waals surface area contributed by atoms with E-state index in [0.717, 1.165) is 19.4 Å². The molecule has 0 spiro atoms. The van der Waals surface area contributed by atoms with Gasteiger partial charge in [-0.1, -0.05) is 18.1 Å².